The zero-order valence-corrected chi connectivity index (χ0v) is 13.6. The largest absolute Gasteiger partial charge is 0.379 e. The number of aromatic nitrogens is 2. The molecule has 0 amide bonds. The van der Waals surface area contributed by atoms with Crippen LogP contribution in [0.5, 0.6) is 0 Å². The summed E-state index contributed by atoms with van der Waals surface area (Å²) < 4.78 is 13.4. The van der Waals surface area contributed by atoms with E-state index in [1.807, 2.05) is 36.7 Å². The molecular formula is C17H19N3OS. The Bertz CT molecular complexity index is 826. The SMILES string of the molecule is Cc1cccn2c(CNc3cccc(C[S@](C)=O)c3)cnc12. The molecule has 2 aromatic heterocycles. The highest BCUT2D eigenvalue weighted by atomic mass is 32.2. The highest BCUT2D eigenvalue weighted by Crippen LogP contribution is 2.15. The molecule has 3 aromatic rings. The highest BCUT2D eigenvalue weighted by Gasteiger charge is 2.05. The normalized spacial score (nSPS) is 12.5. The van der Waals surface area contributed by atoms with Crippen LogP contribution in [0.1, 0.15) is 16.8 Å². The lowest BCUT2D eigenvalue weighted by Crippen LogP contribution is -2.03. The molecule has 0 saturated carbocycles. The standard InChI is InChI=1S/C17H19N3OS/c1-13-5-4-8-20-16(11-19-17(13)20)10-18-15-7-3-6-14(9-15)12-22(2)21/h3-9,11,18H,10,12H2,1-2H3/t22-/m0/s1. The van der Waals surface area contributed by atoms with Crippen molar-refractivity contribution in [2.75, 3.05) is 11.6 Å². The van der Waals surface area contributed by atoms with Crippen molar-refractivity contribution in [3.05, 3.63) is 65.6 Å². The van der Waals surface area contributed by atoms with Crippen LogP contribution in [0.2, 0.25) is 0 Å². The van der Waals surface area contributed by atoms with E-state index in [9.17, 15) is 4.21 Å². The number of nitrogens with zero attached hydrogens (tertiary/aromatic N) is 2. The van der Waals surface area contributed by atoms with Crippen molar-refractivity contribution in [2.45, 2.75) is 19.2 Å². The minimum atomic E-state index is -0.821. The lowest BCUT2D eigenvalue weighted by Gasteiger charge is -2.08. The molecule has 1 atom stereocenters. The molecule has 5 heteroatoms. The predicted octanol–water partition coefficient (Wildman–Crippen LogP) is 3.13. The van der Waals surface area contributed by atoms with Crippen molar-refractivity contribution < 1.29 is 4.21 Å². The van der Waals surface area contributed by atoms with Crippen LogP contribution in [0, 0.1) is 6.92 Å². The maximum absolute atomic E-state index is 11.3. The van der Waals surface area contributed by atoms with Crippen LogP contribution in [0.4, 0.5) is 5.69 Å². The third-order valence-corrected chi connectivity index (χ3v) is 4.32. The number of fused-ring (bicyclic) bond motifs is 1. The molecule has 3 rings (SSSR count). The van der Waals surface area contributed by atoms with Gasteiger partial charge < -0.3 is 9.72 Å². The Labute approximate surface area is 132 Å². The number of aryl methyl sites for hydroxylation is 1. The van der Waals surface area contributed by atoms with Gasteiger partial charge in [0.1, 0.15) is 5.65 Å². The van der Waals surface area contributed by atoms with Crippen LogP contribution < -0.4 is 5.32 Å². The van der Waals surface area contributed by atoms with Gasteiger partial charge in [0.15, 0.2) is 0 Å². The van der Waals surface area contributed by atoms with Gasteiger partial charge in [0.05, 0.1) is 18.4 Å². The molecule has 0 aliphatic heterocycles. The van der Waals surface area contributed by atoms with Crippen molar-refractivity contribution in [1.29, 1.82) is 0 Å². The fourth-order valence-corrected chi connectivity index (χ4v) is 3.18. The first-order valence-electron chi connectivity index (χ1n) is 7.18. The van der Waals surface area contributed by atoms with Gasteiger partial charge in [0.2, 0.25) is 0 Å². The van der Waals surface area contributed by atoms with E-state index in [0.717, 1.165) is 22.6 Å². The summed E-state index contributed by atoms with van der Waals surface area (Å²) in [4.78, 5) is 4.47. The molecule has 0 radical (unpaired) electrons. The van der Waals surface area contributed by atoms with Gasteiger partial charge in [0, 0.05) is 34.7 Å². The second-order valence-corrected chi connectivity index (χ2v) is 6.84. The number of hydrogen-bond donors (Lipinski definition) is 1. The van der Waals surface area contributed by atoms with Crippen molar-refractivity contribution in [2.24, 2.45) is 0 Å². The number of hydrogen-bond acceptors (Lipinski definition) is 3. The first-order valence-corrected chi connectivity index (χ1v) is 8.90. The van der Waals surface area contributed by atoms with E-state index in [4.69, 9.17) is 0 Å². The Morgan fingerprint density at radius 3 is 2.95 bits per heavy atom. The lowest BCUT2D eigenvalue weighted by molar-refractivity contribution is 0.686. The topological polar surface area (TPSA) is 46.4 Å². The van der Waals surface area contributed by atoms with E-state index in [2.05, 4.69) is 33.8 Å². The summed E-state index contributed by atoms with van der Waals surface area (Å²) in [5.41, 5.74) is 5.39. The van der Waals surface area contributed by atoms with E-state index in [1.54, 1.807) is 6.26 Å². The molecule has 0 fully saturated rings. The quantitative estimate of drug-likeness (QED) is 0.787. The summed E-state index contributed by atoms with van der Waals surface area (Å²) >= 11 is 0. The molecule has 1 N–H and O–H groups in total. The smallest absolute Gasteiger partial charge is 0.139 e. The van der Waals surface area contributed by atoms with Crippen LogP contribution in [0.15, 0.2) is 48.8 Å². The molecule has 2 heterocycles. The molecule has 22 heavy (non-hydrogen) atoms. The Kier molecular flexibility index (Phi) is 4.24. The van der Waals surface area contributed by atoms with Gasteiger partial charge in [-0.1, -0.05) is 18.2 Å². The number of rotatable bonds is 5. The Balaban J connectivity index is 1.77. The van der Waals surface area contributed by atoms with Gasteiger partial charge >= 0.3 is 0 Å². The van der Waals surface area contributed by atoms with Crippen LogP contribution in [0.25, 0.3) is 5.65 Å². The molecule has 0 aliphatic rings. The van der Waals surface area contributed by atoms with Crippen LogP contribution in [-0.4, -0.2) is 19.8 Å². The molecule has 0 bridgehead atoms. The fourth-order valence-electron chi connectivity index (χ4n) is 2.53. The number of imidazole rings is 1. The molecule has 0 saturated heterocycles. The zero-order valence-electron chi connectivity index (χ0n) is 12.7. The monoisotopic (exact) mass is 313 g/mol. The second-order valence-electron chi connectivity index (χ2n) is 5.41. The van der Waals surface area contributed by atoms with Crippen molar-refractivity contribution in [1.82, 2.24) is 9.38 Å². The predicted molar refractivity (Wildman–Crippen MR) is 91.5 cm³/mol. The summed E-state index contributed by atoms with van der Waals surface area (Å²) in [6.07, 6.45) is 5.66. The van der Waals surface area contributed by atoms with Crippen molar-refractivity contribution >= 4 is 22.1 Å². The number of anilines is 1. The van der Waals surface area contributed by atoms with Crippen molar-refractivity contribution in [3.8, 4) is 0 Å². The second kappa shape index (κ2) is 6.32. The minimum absolute atomic E-state index is 0.588. The van der Waals surface area contributed by atoms with E-state index in [1.165, 1.54) is 5.56 Å². The van der Waals surface area contributed by atoms with Gasteiger partial charge in [-0.05, 0) is 36.2 Å². The zero-order chi connectivity index (χ0) is 15.5. The van der Waals surface area contributed by atoms with Crippen LogP contribution in [0.3, 0.4) is 0 Å². The number of nitrogens with one attached hydrogen (secondary N) is 1. The minimum Gasteiger partial charge on any atom is -0.379 e. The third-order valence-electron chi connectivity index (χ3n) is 3.58. The van der Waals surface area contributed by atoms with E-state index in [-0.39, 0.29) is 0 Å². The average Bonchev–Trinajstić information content (AvgIpc) is 2.89. The van der Waals surface area contributed by atoms with Gasteiger partial charge in [-0.25, -0.2) is 4.98 Å². The molecule has 1 aromatic carbocycles. The van der Waals surface area contributed by atoms with Crippen LogP contribution >= 0.6 is 0 Å². The average molecular weight is 313 g/mol. The molecule has 4 nitrogen and oxygen atoms in total. The first kappa shape index (κ1) is 14.8. The van der Waals surface area contributed by atoms with Gasteiger partial charge in [-0.3, -0.25) is 4.21 Å². The third kappa shape index (κ3) is 3.20. The maximum Gasteiger partial charge on any atom is 0.139 e. The Morgan fingerprint density at radius 2 is 2.14 bits per heavy atom. The summed E-state index contributed by atoms with van der Waals surface area (Å²) in [6.45, 7) is 2.76. The maximum atomic E-state index is 11.3. The Morgan fingerprint density at radius 1 is 1.27 bits per heavy atom. The molecule has 0 aliphatic carbocycles. The number of benzene rings is 1. The lowest BCUT2D eigenvalue weighted by atomic mass is 10.2. The summed E-state index contributed by atoms with van der Waals surface area (Å²) in [5, 5.41) is 3.41. The molecular weight excluding hydrogens is 294 g/mol. The Hall–Kier alpha value is -2.14. The van der Waals surface area contributed by atoms with E-state index < -0.39 is 10.8 Å². The van der Waals surface area contributed by atoms with E-state index in [0.29, 0.717) is 12.3 Å². The fraction of sp³-hybridized carbons (Fsp3) is 0.235. The molecule has 0 unspecified atom stereocenters. The summed E-state index contributed by atoms with van der Waals surface area (Å²) in [7, 11) is -0.821. The summed E-state index contributed by atoms with van der Waals surface area (Å²) in [5.74, 6) is 0.588. The first-order chi connectivity index (χ1) is 10.6. The van der Waals surface area contributed by atoms with Crippen LogP contribution in [-0.2, 0) is 23.1 Å². The van der Waals surface area contributed by atoms with Crippen molar-refractivity contribution in [3.63, 3.8) is 0 Å². The van der Waals surface area contributed by atoms with Gasteiger partial charge in [0.25, 0.3) is 0 Å². The van der Waals surface area contributed by atoms with E-state index >= 15 is 0 Å². The highest BCUT2D eigenvalue weighted by molar-refractivity contribution is 7.83. The summed E-state index contributed by atoms with van der Waals surface area (Å²) in [6, 6.07) is 12.2. The molecule has 0 spiro atoms. The molecule has 114 valence electrons. The van der Waals surface area contributed by atoms with Gasteiger partial charge in [-0.2, -0.15) is 0 Å². The number of pyridine rings is 1. The van der Waals surface area contributed by atoms with Gasteiger partial charge in [-0.15, -0.1) is 0 Å².